The molecule has 0 saturated carbocycles. The van der Waals surface area contributed by atoms with Gasteiger partial charge in [-0.1, -0.05) is 0 Å². The molecule has 0 radical (unpaired) electrons. The van der Waals surface area contributed by atoms with E-state index in [9.17, 15) is 13.5 Å². The highest BCUT2D eigenvalue weighted by molar-refractivity contribution is 7.87. The van der Waals surface area contributed by atoms with E-state index in [1.165, 1.54) is 0 Å². The molecule has 96 valence electrons. The fraction of sp³-hybridized carbons (Fsp3) is 1.00. The summed E-state index contributed by atoms with van der Waals surface area (Å²) in [6, 6.07) is 0. The van der Waals surface area contributed by atoms with Crippen LogP contribution in [-0.4, -0.2) is 44.4 Å². The Bertz CT molecular complexity index is 328. The zero-order valence-electron chi connectivity index (χ0n) is 9.91. The van der Waals surface area contributed by atoms with Crippen molar-refractivity contribution in [2.24, 2.45) is 0 Å². The topological polar surface area (TPSA) is 87.7 Å². The summed E-state index contributed by atoms with van der Waals surface area (Å²) in [5, 5.41) is 9.87. The molecule has 1 saturated heterocycles. The van der Waals surface area contributed by atoms with E-state index in [0.717, 1.165) is 0 Å². The van der Waals surface area contributed by atoms with Crippen LogP contribution >= 0.6 is 0 Å². The van der Waals surface area contributed by atoms with Gasteiger partial charge < -0.3 is 9.84 Å². The lowest BCUT2D eigenvalue weighted by Gasteiger charge is -2.24. The Balaban J connectivity index is 2.48. The molecule has 1 unspecified atom stereocenters. The van der Waals surface area contributed by atoms with E-state index in [2.05, 4.69) is 9.44 Å². The molecular weight excluding hydrogens is 232 g/mol. The molecule has 0 aromatic carbocycles. The van der Waals surface area contributed by atoms with Gasteiger partial charge in [-0.3, -0.25) is 0 Å². The monoisotopic (exact) mass is 252 g/mol. The number of nitrogens with one attached hydrogen (secondary N) is 2. The molecule has 0 aromatic heterocycles. The van der Waals surface area contributed by atoms with Crippen LogP contribution in [0.15, 0.2) is 0 Å². The van der Waals surface area contributed by atoms with E-state index >= 15 is 0 Å². The van der Waals surface area contributed by atoms with Crippen LogP contribution in [-0.2, 0) is 14.9 Å². The van der Waals surface area contributed by atoms with Gasteiger partial charge in [0.15, 0.2) is 0 Å². The van der Waals surface area contributed by atoms with Crippen molar-refractivity contribution >= 4 is 10.2 Å². The summed E-state index contributed by atoms with van der Waals surface area (Å²) in [5.74, 6) is 0. The molecule has 1 rings (SSSR count). The fourth-order valence-electron chi connectivity index (χ4n) is 1.40. The Morgan fingerprint density at radius 3 is 2.50 bits per heavy atom. The fourth-order valence-corrected chi connectivity index (χ4v) is 2.74. The van der Waals surface area contributed by atoms with Crippen LogP contribution < -0.4 is 9.44 Å². The van der Waals surface area contributed by atoms with Crippen LogP contribution in [0.1, 0.15) is 27.2 Å². The van der Waals surface area contributed by atoms with E-state index < -0.39 is 21.3 Å². The van der Waals surface area contributed by atoms with Crippen molar-refractivity contribution in [2.45, 2.75) is 38.3 Å². The van der Waals surface area contributed by atoms with Crippen molar-refractivity contribution in [1.82, 2.24) is 9.44 Å². The number of hydrogen-bond acceptors (Lipinski definition) is 4. The second-order valence-corrected chi connectivity index (χ2v) is 6.70. The van der Waals surface area contributed by atoms with Crippen molar-refractivity contribution in [1.29, 1.82) is 0 Å². The van der Waals surface area contributed by atoms with Gasteiger partial charge in [0.2, 0.25) is 0 Å². The lowest BCUT2D eigenvalue weighted by Crippen LogP contribution is -2.51. The summed E-state index contributed by atoms with van der Waals surface area (Å²) < 4.78 is 32.9. The molecule has 0 bridgehead atoms. The maximum Gasteiger partial charge on any atom is 0.277 e. The quantitative estimate of drug-likeness (QED) is 0.621. The predicted octanol–water partition coefficient (Wildman–Crippen LogP) is -0.640. The first kappa shape index (κ1) is 13.9. The van der Waals surface area contributed by atoms with Crippen LogP contribution in [0.4, 0.5) is 0 Å². The molecule has 1 atom stereocenters. The van der Waals surface area contributed by atoms with Crippen LogP contribution in [0.3, 0.4) is 0 Å². The Hall–Kier alpha value is -0.210. The molecule has 1 aliphatic heterocycles. The largest absolute Gasteiger partial charge is 0.386 e. The van der Waals surface area contributed by atoms with E-state index in [1.54, 1.807) is 20.8 Å². The average molecular weight is 252 g/mol. The molecule has 3 N–H and O–H groups in total. The van der Waals surface area contributed by atoms with Crippen molar-refractivity contribution in [3.63, 3.8) is 0 Å². The molecule has 1 aliphatic rings. The minimum atomic E-state index is -3.58. The second kappa shape index (κ2) is 4.58. The summed E-state index contributed by atoms with van der Waals surface area (Å²) in [7, 11) is -3.58. The first-order valence-electron chi connectivity index (χ1n) is 5.21. The molecule has 0 aromatic rings. The Morgan fingerprint density at radius 1 is 1.44 bits per heavy atom. The minimum Gasteiger partial charge on any atom is -0.386 e. The Kier molecular flexibility index (Phi) is 3.96. The summed E-state index contributed by atoms with van der Waals surface area (Å²) in [6.07, 6.45) is 0.449. The molecule has 0 aliphatic carbocycles. The van der Waals surface area contributed by atoms with Gasteiger partial charge in [0.25, 0.3) is 10.2 Å². The Labute approximate surface area is 96.6 Å². The third-order valence-corrected chi connectivity index (χ3v) is 3.52. The van der Waals surface area contributed by atoms with Gasteiger partial charge in [-0.2, -0.15) is 17.9 Å². The standard InChI is InChI=1S/C9H20N2O4S/c1-8(2,3)11-16(13,14)10-6-9(12)4-5-15-7-9/h10-12H,4-7H2,1-3H3. The molecule has 0 amide bonds. The van der Waals surface area contributed by atoms with Gasteiger partial charge >= 0.3 is 0 Å². The van der Waals surface area contributed by atoms with Gasteiger partial charge in [0, 0.05) is 25.1 Å². The van der Waals surface area contributed by atoms with Crippen LogP contribution in [0, 0.1) is 0 Å². The summed E-state index contributed by atoms with van der Waals surface area (Å²) in [6.45, 7) is 5.85. The highest BCUT2D eigenvalue weighted by Crippen LogP contribution is 2.17. The van der Waals surface area contributed by atoms with Gasteiger partial charge in [-0.15, -0.1) is 0 Å². The third kappa shape index (κ3) is 4.75. The maximum absolute atomic E-state index is 11.6. The highest BCUT2D eigenvalue weighted by Gasteiger charge is 2.33. The molecular formula is C9H20N2O4S. The molecule has 16 heavy (non-hydrogen) atoms. The third-order valence-electron chi connectivity index (χ3n) is 2.11. The molecule has 1 heterocycles. The molecule has 1 fully saturated rings. The van der Waals surface area contributed by atoms with Gasteiger partial charge in [-0.25, -0.2) is 0 Å². The maximum atomic E-state index is 11.6. The van der Waals surface area contributed by atoms with E-state index in [1.807, 2.05) is 0 Å². The minimum absolute atomic E-state index is 0.0294. The van der Waals surface area contributed by atoms with Gasteiger partial charge in [0.1, 0.15) is 5.60 Å². The number of aliphatic hydroxyl groups is 1. The highest BCUT2D eigenvalue weighted by atomic mass is 32.2. The van der Waals surface area contributed by atoms with E-state index in [4.69, 9.17) is 4.74 Å². The smallest absolute Gasteiger partial charge is 0.277 e. The van der Waals surface area contributed by atoms with E-state index in [-0.39, 0.29) is 13.2 Å². The lowest BCUT2D eigenvalue weighted by molar-refractivity contribution is 0.0313. The number of hydrogen-bond donors (Lipinski definition) is 3. The summed E-state index contributed by atoms with van der Waals surface area (Å²) >= 11 is 0. The van der Waals surface area contributed by atoms with Crippen molar-refractivity contribution in [3.8, 4) is 0 Å². The summed E-state index contributed by atoms with van der Waals surface area (Å²) in [4.78, 5) is 0. The Morgan fingerprint density at radius 2 is 2.06 bits per heavy atom. The molecule has 7 heteroatoms. The average Bonchev–Trinajstić information content (AvgIpc) is 2.46. The first-order chi connectivity index (χ1) is 7.12. The summed E-state index contributed by atoms with van der Waals surface area (Å²) in [5.41, 5.74) is -1.62. The zero-order valence-corrected chi connectivity index (χ0v) is 10.7. The normalized spacial score (nSPS) is 27.2. The van der Waals surface area contributed by atoms with Crippen molar-refractivity contribution < 1.29 is 18.3 Å². The number of ether oxygens (including phenoxy) is 1. The molecule has 6 nitrogen and oxygen atoms in total. The van der Waals surface area contributed by atoms with Crippen LogP contribution in [0.5, 0.6) is 0 Å². The first-order valence-corrected chi connectivity index (χ1v) is 6.69. The van der Waals surface area contributed by atoms with Crippen molar-refractivity contribution in [3.05, 3.63) is 0 Å². The van der Waals surface area contributed by atoms with Crippen LogP contribution in [0.25, 0.3) is 0 Å². The van der Waals surface area contributed by atoms with Gasteiger partial charge in [0.05, 0.1) is 6.61 Å². The predicted molar refractivity (Wildman–Crippen MR) is 60.2 cm³/mol. The lowest BCUT2D eigenvalue weighted by atomic mass is 10.1. The zero-order chi connectivity index (χ0) is 12.4. The van der Waals surface area contributed by atoms with Crippen molar-refractivity contribution in [2.75, 3.05) is 19.8 Å². The van der Waals surface area contributed by atoms with E-state index in [0.29, 0.717) is 13.0 Å². The number of rotatable bonds is 4. The second-order valence-electron chi connectivity index (χ2n) is 5.20. The SMILES string of the molecule is CC(C)(C)NS(=O)(=O)NCC1(O)CCOC1. The van der Waals surface area contributed by atoms with Gasteiger partial charge in [-0.05, 0) is 20.8 Å². The molecule has 0 spiro atoms. The van der Waals surface area contributed by atoms with Crippen LogP contribution in [0.2, 0.25) is 0 Å².